The molecule has 1 aliphatic heterocycles. The molecule has 0 spiro atoms. The molecule has 0 bridgehead atoms. The third kappa shape index (κ3) is 3.13. The van der Waals surface area contributed by atoms with Crippen molar-refractivity contribution in [1.29, 1.82) is 0 Å². The standard InChI is InChI=1S/C16H15FN6O2/c17-11-1-2-13(18-9-11)20-16(24)12-10-19-14-3-4-15(21-23(12)14)22-5-7-25-8-6-22/h1-4,9-10H,5-8H2,(H,18,20,24). The molecule has 9 heteroatoms. The van der Waals surface area contributed by atoms with Crippen LogP contribution < -0.4 is 10.2 Å². The van der Waals surface area contributed by atoms with Gasteiger partial charge in [0.15, 0.2) is 11.3 Å². The number of hydrogen-bond donors (Lipinski definition) is 1. The summed E-state index contributed by atoms with van der Waals surface area (Å²) < 4.78 is 19.7. The molecule has 0 unspecified atom stereocenters. The summed E-state index contributed by atoms with van der Waals surface area (Å²) >= 11 is 0. The number of carbonyl (C=O) groups excluding carboxylic acids is 1. The predicted molar refractivity (Wildman–Crippen MR) is 88.2 cm³/mol. The zero-order valence-electron chi connectivity index (χ0n) is 13.2. The van der Waals surface area contributed by atoms with Crippen LogP contribution in [0.25, 0.3) is 5.65 Å². The van der Waals surface area contributed by atoms with Gasteiger partial charge < -0.3 is 15.0 Å². The summed E-state index contributed by atoms with van der Waals surface area (Å²) in [5, 5.41) is 7.13. The summed E-state index contributed by atoms with van der Waals surface area (Å²) in [6.45, 7) is 2.78. The predicted octanol–water partition coefficient (Wildman–Crippen LogP) is 1.35. The third-order valence-electron chi connectivity index (χ3n) is 3.88. The fourth-order valence-corrected chi connectivity index (χ4v) is 2.61. The summed E-state index contributed by atoms with van der Waals surface area (Å²) in [5.41, 5.74) is 0.838. The smallest absolute Gasteiger partial charge is 0.277 e. The molecular weight excluding hydrogens is 327 g/mol. The first-order valence-electron chi connectivity index (χ1n) is 7.81. The maximum atomic E-state index is 12.9. The third-order valence-corrected chi connectivity index (χ3v) is 3.88. The minimum absolute atomic E-state index is 0.255. The van der Waals surface area contributed by atoms with Crippen molar-refractivity contribution in [1.82, 2.24) is 19.6 Å². The fourth-order valence-electron chi connectivity index (χ4n) is 2.61. The molecule has 1 amide bonds. The molecule has 1 fully saturated rings. The van der Waals surface area contributed by atoms with Gasteiger partial charge in [-0.25, -0.2) is 18.9 Å². The van der Waals surface area contributed by atoms with Crippen LogP contribution in [0.1, 0.15) is 10.5 Å². The minimum atomic E-state index is -0.468. The first-order valence-corrected chi connectivity index (χ1v) is 7.81. The SMILES string of the molecule is O=C(Nc1ccc(F)cn1)c1cnc2ccc(N3CCOCC3)nn12. The Bertz CT molecular complexity index is 905. The number of halogens is 1. The second-order valence-electron chi connectivity index (χ2n) is 5.52. The highest BCUT2D eigenvalue weighted by Crippen LogP contribution is 2.15. The van der Waals surface area contributed by atoms with Gasteiger partial charge >= 0.3 is 0 Å². The highest BCUT2D eigenvalue weighted by Gasteiger charge is 2.17. The van der Waals surface area contributed by atoms with Crippen molar-refractivity contribution in [2.24, 2.45) is 0 Å². The molecule has 25 heavy (non-hydrogen) atoms. The number of pyridine rings is 1. The van der Waals surface area contributed by atoms with E-state index in [1.165, 1.54) is 22.8 Å². The summed E-state index contributed by atoms with van der Waals surface area (Å²) in [6.07, 6.45) is 2.49. The van der Waals surface area contributed by atoms with E-state index in [0.717, 1.165) is 25.1 Å². The van der Waals surface area contributed by atoms with Crippen molar-refractivity contribution in [2.45, 2.75) is 0 Å². The second-order valence-corrected chi connectivity index (χ2v) is 5.52. The van der Waals surface area contributed by atoms with E-state index in [1.807, 2.05) is 12.1 Å². The molecule has 1 saturated heterocycles. The van der Waals surface area contributed by atoms with E-state index in [2.05, 4.69) is 25.3 Å². The van der Waals surface area contributed by atoms with Crippen LogP contribution in [0.4, 0.5) is 16.0 Å². The summed E-state index contributed by atoms with van der Waals surface area (Å²) in [7, 11) is 0. The number of fused-ring (bicyclic) bond motifs is 1. The molecule has 0 aromatic carbocycles. The molecule has 8 nitrogen and oxygen atoms in total. The van der Waals surface area contributed by atoms with E-state index in [1.54, 1.807) is 0 Å². The minimum Gasteiger partial charge on any atom is -0.378 e. The number of aromatic nitrogens is 4. The lowest BCUT2D eigenvalue weighted by atomic mass is 10.4. The van der Waals surface area contributed by atoms with E-state index in [9.17, 15) is 9.18 Å². The van der Waals surface area contributed by atoms with Crippen LogP contribution in [-0.4, -0.2) is 51.8 Å². The van der Waals surface area contributed by atoms with E-state index >= 15 is 0 Å². The molecule has 3 aromatic heterocycles. The molecule has 3 aromatic rings. The lowest BCUT2D eigenvalue weighted by molar-refractivity contribution is 0.101. The lowest BCUT2D eigenvalue weighted by Crippen LogP contribution is -2.37. The zero-order chi connectivity index (χ0) is 17.2. The Morgan fingerprint density at radius 3 is 2.72 bits per heavy atom. The average Bonchev–Trinajstić information content (AvgIpc) is 3.07. The Labute approximate surface area is 142 Å². The molecule has 4 rings (SSSR count). The van der Waals surface area contributed by atoms with Gasteiger partial charge in [-0.3, -0.25) is 4.79 Å². The van der Waals surface area contributed by atoms with Crippen LogP contribution in [0, 0.1) is 5.82 Å². The largest absolute Gasteiger partial charge is 0.378 e. The number of nitrogens with one attached hydrogen (secondary N) is 1. The quantitative estimate of drug-likeness (QED) is 0.773. The summed E-state index contributed by atoms with van der Waals surface area (Å²) in [5.74, 6) is 0.122. The maximum absolute atomic E-state index is 12.9. The number of amides is 1. The number of carbonyl (C=O) groups is 1. The Morgan fingerprint density at radius 2 is 1.96 bits per heavy atom. The van der Waals surface area contributed by atoms with Crippen LogP contribution >= 0.6 is 0 Å². The van der Waals surface area contributed by atoms with Crippen molar-refractivity contribution in [3.63, 3.8) is 0 Å². The fraction of sp³-hybridized carbons (Fsp3) is 0.250. The molecule has 128 valence electrons. The number of nitrogens with zero attached hydrogens (tertiary/aromatic N) is 5. The van der Waals surface area contributed by atoms with E-state index in [0.29, 0.717) is 18.9 Å². The average molecular weight is 342 g/mol. The van der Waals surface area contributed by atoms with Crippen molar-refractivity contribution >= 4 is 23.2 Å². The van der Waals surface area contributed by atoms with Gasteiger partial charge in [-0.1, -0.05) is 0 Å². The Morgan fingerprint density at radius 1 is 1.12 bits per heavy atom. The van der Waals surface area contributed by atoms with Crippen molar-refractivity contribution < 1.29 is 13.9 Å². The van der Waals surface area contributed by atoms with Crippen LogP contribution in [0.15, 0.2) is 36.7 Å². The van der Waals surface area contributed by atoms with Gasteiger partial charge in [0, 0.05) is 13.1 Å². The van der Waals surface area contributed by atoms with Gasteiger partial charge in [-0.15, -0.1) is 5.10 Å². The van der Waals surface area contributed by atoms with Gasteiger partial charge in [0.1, 0.15) is 17.5 Å². The number of ether oxygens (including phenoxy) is 1. The molecule has 1 aliphatic rings. The molecule has 0 atom stereocenters. The molecule has 1 N–H and O–H groups in total. The normalized spacial score (nSPS) is 14.7. The number of imidazole rings is 1. The lowest BCUT2D eigenvalue weighted by Gasteiger charge is -2.27. The molecule has 0 radical (unpaired) electrons. The summed E-state index contributed by atoms with van der Waals surface area (Å²) in [6, 6.07) is 6.30. The Balaban J connectivity index is 1.62. The van der Waals surface area contributed by atoms with E-state index < -0.39 is 11.7 Å². The van der Waals surface area contributed by atoms with E-state index in [-0.39, 0.29) is 11.5 Å². The summed E-state index contributed by atoms with van der Waals surface area (Å²) in [4.78, 5) is 22.6. The van der Waals surface area contributed by atoms with Crippen molar-refractivity contribution in [2.75, 3.05) is 36.5 Å². The van der Waals surface area contributed by atoms with Gasteiger partial charge in [0.25, 0.3) is 5.91 Å². The van der Waals surface area contributed by atoms with Crippen LogP contribution in [0.5, 0.6) is 0 Å². The first-order chi connectivity index (χ1) is 12.2. The first kappa shape index (κ1) is 15.5. The van der Waals surface area contributed by atoms with Crippen molar-refractivity contribution in [3.8, 4) is 0 Å². The number of rotatable bonds is 3. The molecule has 4 heterocycles. The highest BCUT2D eigenvalue weighted by atomic mass is 19.1. The number of anilines is 2. The van der Waals surface area contributed by atoms with Crippen LogP contribution in [-0.2, 0) is 4.74 Å². The molecule has 0 aliphatic carbocycles. The number of morpholine rings is 1. The Hall–Kier alpha value is -3.07. The maximum Gasteiger partial charge on any atom is 0.277 e. The molecular formula is C16H15FN6O2. The van der Waals surface area contributed by atoms with Crippen LogP contribution in [0.3, 0.4) is 0 Å². The Kier molecular flexibility index (Phi) is 3.98. The second kappa shape index (κ2) is 6.44. The van der Waals surface area contributed by atoms with Gasteiger partial charge in [-0.2, -0.15) is 0 Å². The van der Waals surface area contributed by atoms with Crippen molar-refractivity contribution in [3.05, 3.63) is 48.2 Å². The van der Waals surface area contributed by atoms with Gasteiger partial charge in [0.2, 0.25) is 0 Å². The number of hydrogen-bond acceptors (Lipinski definition) is 6. The zero-order valence-corrected chi connectivity index (χ0v) is 13.2. The van der Waals surface area contributed by atoms with Gasteiger partial charge in [0.05, 0.1) is 25.6 Å². The van der Waals surface area contributed by atoms with E-state index in [4.69, 9.17) is 4.74 Å². The monoisotopic (exact) mass is 342 g/mol. The molecule has 0 saturated carbocycles. The topological polar surface area (TPSA) is 84.7 Å². The van der Waals surface area contributed by atoms with Gasteiger partial charge in [-0.05, 0) is 24.3 Å². The highest BCUT2D eigenvalue weighted by molar-refractivity contribution is 6.02. The van der Waals surface area contributed by atoms with Crippen LogP contribution in [0.2, 0.25) is 0 Å².